The van der Waals surface area contributed by atoms with Gasteiger partial charge in [-0.1, -0.05) is 29.8 Å². The molecule has 2 N–H and O–H groups in total. The van der Waals surface area contributed by atoms with Crippen LogP contribution in [0, 0.1) is 12.7 Å². The number of rotatable bonds is 5. The van der Waals surface area contributed by atoms with Crippen LogP contribution in [0.25, 0.3) is 0 Å². The predicted octanol–water partition coefficient (Wildman–Crippen LogP) is 3.29. The van der Waals surface area contributed by atoms with Crippen molar-refractivity contribution < 1.29 is 26.9 Å². The molecule has 2 atom stereocenters. The minimum atomic E-state index is -4.02. The summed E-state index contributed by atoms with van der Waals surface area (Å²) in [4.78, 5) is 11.5. The van der Waals surface area contributed by atoms with E-state index in [9.17, 15) is 17.6 Å². The van der Waals surface area contributed by atoms with Gasteiger partial charge in [0.05, 0.1) is 11.5 Å². The van der Waals surface area contributed by atoms with Crippen LogP contribution in [0.5, 0.6) is 0 Å². The second kappa shape index (κ2) is 10.5. The van der Waals surface area contributed by atoms with Crippen molar-refractivity contribution >= 4 is 16.1 Å². The molecule has 2 unspecified atom stereocenters. The smallest absolute Gasteiger partial charge is 0.323 e. The molecule has 0 aromatic heterocycles. The van der Waals surface area contributed by atoms with Crippen LogP contribution in [0.4, 0.5) is 4.39 Å². The molecule has 29 heavy (non-hydrogen) atoms. The molecule has 0 radical (unpaired) electrons. The summed E-state index contributed by atoms with van der Waals surface area (Å²) in [6.45, 7) is 4.07. The third kappa shape index (κ3) is 7.56. The molecule has 1 saturated heterocycles. The average molecular weight is 424 g/mol. The predicted molar refractivity (Wildman–Crippen MR) is 108 cm³/mol. The van der Waals surface area contributed by atoms with E-state index in [0.29, 0.717) is 6.61 Å². The topological polar surface area (TPSA) is 92.7 Å². The van der Waals surface area contributed by atoms with E-state index in [0.717, 1.165) is 30.4 Å². The Morgan fingerprint density at radius 2 is 1.76 bits per heavy atom. The Bertz CT molecular complexity index is 898. The molecule has 2 aromatic carbocycles. The summed E-state index contributed by atoms with van der Waals surface area (Å²) in [6, 6.07) is 12.6. The lowest BCUT2D eigenvalue weighted by Gasteiger charge is -2.13. The summed E-state index contributed by atoms with van der Waals surface area (Å²) in [7, 11) is -4.02. The number of hydrogen-bond donors (Lipinski definition) is 2. The van der Waals surface area contributed by atoms with Crippen LogP contribution in [0.3, 0.4) is 0 Å². The molecule has 1 fully saturated rings. The van der Waals surface area contributed by atoms with Crippen LogP contribution in [0.15, 0.2) is 53.4 Å². The summed E-state index contributed by atoms with van der Waals surface area (Å²) >= 11 is 0. The van der Waals surface area contributed by atoms with E-state index in [1.165, 1.54) is 24.3 Å². The number of halogens is 1. The minimum Gasteiger partial charge on any atom is -0.465 e. The lowest BCUT2D eigenvalue weighted by molar-refractivity contribution is -0.145. The molecule has 1 aliphatic heterocycles. The quantitative estimate of drug-likeness (QED) is 0.566. The fourth-order valence-corrected chi connectivity index (χ4v) is 3.50. The number of hydrogen-bond acceptors (Lipinski definition) is 5. The van der Waals surface area contributed by atoms with Crippen molar-refractivity contribution in [1.29, 1.82) is 0 Å². The first kappa shape index (κ1) is 23.0. The second-order valence-corrected chi connectivity index (χ2v) is 8.29. The molecule has 158 valence electrons. The van der Waals surface area contributed by atoms with Crippen LogP contribution in [0.2, 0.25) is 0 Å². The molecule has 3 rings (SSSR count). The van der Waals surface area contributed by atoms with Gasteiger partial charge in [0.1, 0.15) is 11.9 Å². The summed E-state index contributed by atoms with van der Waals surface area (Å²) in [5.74, 6) is -0.387. The molecule has 0 spiro atoms. The number of aryl methyl sites for hydroxylation is 1. The number of ether oxygens (including phenoxy) is 1. The summed E-state index contributed by atoms with van der Waals surface area (Å²) in [5.41, 5.74) is 2.04. The second-order valence-electron chi connectivity index (χ2n) is 6.86. The molecule has 8 heteroatoms. The fraction of sp³-hybridized carbons (Fsp3) is 0.381. The lowest BCUT2D eigenvalue weighted by Crippen LogP contribution is -2.37. The van der Waals surface area contributed by atoms with Gasteiger partial charge in [0.15, 0.2) is 0 Å². The number of esters is 1. The van der Waals surface area contributed by atoms with Gasteiger partial charge in [-0.05, 0) is 62.9 Å². The number of carbonyl (C=O) groups is 1. The molecule has 0 saturated carbocycles. The van der Waals surface area contributed by atoms with Crippen molar-refractivity contribution in [2.24, 2.45) is 0 Å². The Morgan fingerprint density at radius 1 is 1.14 bits per heavy atom. The van der Waals surface area contributed by atoms with Gasteiger partial charge >= 0.3 is 5.97 Å². The maximum absolute atomic E-state index is 12.8. The zero-order valence-corrected chi connectivity index (χ0v) is 17.3. The van der Waals surface area contributed by atoms with E-state index >= 15 is 0 Å². The number of nitrogens with one attached hydrogen (secondary N) is 1. The molecule has 0 amide bonds. The average Bonchev–Trinajstić information content (AvgIpc) is 3.13. The van der Waals surface area contributed by atoms with Gasteiger partial charge in [-0.15, -0.1) is 0 Å². The molecule has 6 nitrogen and oxygen atoms in total. The van der Waals surface area contributed by atoms with Gasteiger partial charge in [0, 0.05) is 6.04 Å². The first-order chi connectivity index (χ1) is 13.7. The number of carbonyl (C=O) groups excluding carboxylic acids is 1. The van der Waals surface area contributed by atoms with Gasteiger partial charge in [0.2, 0.25) is 0 Å². The van der Waals surface area contributed by atoms with E-state index in [4.69, 9.17) is 9.29 Å². The van der Waals surface area contributed by atoms with Crippen molar-refractivity contribution in [3.63, 3.8) is 0 Å². The van der Waals surface area contributed by atoms with Gasteiger partial charge < -0.3 is 10.1 Å². The monoisotopic (exact) mass is 423 g/mol. The van der Waals surface area contributed by atoms with E-state index in [1.54, 1.807) is 24.3 Å². The SMILES string of the molecule is CCOC(=O)C1CCC(Cc2ccc(F)cc2)N1.Cc1ccc(S(=O)(=O)O)cc1. The maximum Gasteiger partial charge on any atom is 0.323 e. The number of benzene rings is 2. The minimum absolute atomic E-state index is 0.0666. The van der Waals surface area contributed by atoms with Crippen LogP contribution < -0.4 is 5.32 Å². The molecule has 2 aromatic rings. The van der Waals surface area contributed by atoms with Crippen molar-refractivity contribution in [1.82, 2.24) is 5.32 Å². The summed E-state index contributed by atoms with van der Waals surface area (Å²) in [6.07, 6.45) is 2.57. The molecule has 0 bridgehead atoms. The van der Waals surface area contributed by atoms with E-state index in [2.05, 4.69) is 5.32 Å². The zero-order chi connectivity index (χ0) is 21.4. The van der Waals surface area contributed by atoms with Crippen molar-refractivity contribution in [2.45, 2.75) is 50.1 Å². The first-order valence-electron chi connectivity index (χ1n) is 9.40. The highest BCUT2D eigenvalue weighted by Gasteiger charge is 2.29. The maximum atomic E-state index is 12.8. The van der Waals surface area contributed by atoms with E-state index < -0.39 is 10.1 Å². The van der Waals surface area contributed by atoms with Gasteiger partial charge in [-0.3, -0.25) is 9.35 Å². The van der Waals surface area contributed by atoms with Crippen LogP contribution >= 0.6 is 0 Å². The molecule has 0 aliphatic carbocycles. The van der Waals surface area contributed by atoms with Crippen molar-refractivity contribution in [3.8, 4) is 0 Å². The van der Waals surface area contributed by atoms with E-state index in [1.807, 2.05) is 13.8 Å². The van der Waals surface area contributed by atoms with Gasteiger partial charge in [-0.2, -0.15) is 8.42 Å². The van der Waals surface area contributed by atoms with Gasteiger partial charge in [0.25, 0.3) is 10.1 Å². The standard InChI is InChI=1S/C14H18FNO2.C7H8O3S/c1-2-18-14(17)13-8-7-12(16-13)9-10-3-5-11(15)6-4-10;1-6-2-4-7(5-3-6)11(8,9)10/h3-6,12-13,16H,2,7-9H2,1H3;2-5H,1H3,(H,8,9,10). The largest absolute Gasteiger partial charge is 0.465 e. The van der Waals surface area contributed by atoms with Crippen LogP contribution in [-0.4, -0.2) is 37.6 Å². The van der Waals surface area contributed by atoms with Crippen molar-refractivity contribution in [3.05, 3.63) is 65.5 Å². The Labute approximate surface area is 170 Å². The molecular weight excluding hydrogens is 397 g/mol. The highest BCUT2D eigenvalue weighted by atomic mass is 32.2. The van der Waals surface area contributed by atoms with Crippen molar-refractivity contribution in [2.75, 3.05) is 6.61 Å². The first-order valence-corrected chi connectivity index (χ1v) is 10.8. The zero-order valence-electron chi connectivity index (χ0n) is 16.5. The summed E-state index contributed by atoms with van der Waals surface area (Å²) < 4.78 is 47.3. The van der Waals surface area contributed by atoms with Gasteiger partial charge in [-0.25, -0.2) is 4.39 Å². The normalized spacial score (nSPS) is 18.6. The molecular formula is C21H26FNO5S. The highest BCUT2D eigenvalue weighted by Crippen LogP contribution is 2.18. The van der Waals surface area contributed by atoms with Crippen LogP contribution in [-0.2, 0) is 26.1 Å². The Hall–Kier alpha value is -2.29. The Morgan fingerprint density at radius 3 is 2.31 bits per heavy atom. The van der Waals surface area contributed by atoms with E-state index in [-0.39, 0.29) is 28.8 Å². The van der Waals surface area contributed by atoms with Crippen LogP contribution in [0.1, 0.15) is 30.9 Å². The third-order valence-electron chi connectivity index (χ3n) is 4.53. The Balaban J connectivity index is 0.000000234. The molecule has 1 aliphatic rings. The molecule has 1 heterocycles. The fourth-order valence-electron chi connectivity index (χ4n) is 3.02. The Kier molecular flexibility index (Phi) is 8.31. The summed E-state index contributed by atoms with van der Waals surface area (Å²) in [5, 5.41) is 3.27. The highest BCUT2D eigenvalue weighted by molar-refractivity contribution is 7.85. The lowest BCUT2D eigenvalue weighted by atomic mass is 10.0. The third-order valence-corrected chi connectivity index (χ3v) is 5.39.